The largest absolute Gasteiger partial charge is 0.478 e. The Bertz CT molecular complexity index is 481. The number of anilines is 1. The molecule has 0 saturated heterocycles. The molecule has 17 heavy (non-hydrogen) atoms. The van der Waals surface area contributed by atoms with E-state index in [1.54, 1.807) is 12.1 Å². The van der Waals surface area contributed by atoms with Crippen LogP contribution < -0.4 is 4.90 Å². The molecule has 1 aromatic carbocycles. The molecule has 0 aliphatic carbocycles. The number of fused-ring (bicyclic) bond motifs is 1. The van der Waals surface area contributed by atoms with Gasteiger partial charge >= 0.3 is 11.9 Å². The molecule has 0 bridgehead atoms. The quantitative estimate of drug-likeness (QED) is 0.772. The van der Waals surface area contributed by atoms with E-state index < -0.39 is 18.0 Å². The molecular formula is C12H13NO4. The lowest BCUT2D eigenvalue weighted by molar-refractivity contribution is -0.147. The Hall–Kier alpha value is -2.04. The highest BCUT2D eigenvalue weighted by atomic mass is 16.6. The summed E-state index contributed by atoms with van der Waals surface area (Å²) in [5.74, 6) is -1.68. The van der Waals surface area contributed by atoms with E-state index in [4.69, 9.17) is 9.84 Å². The average molecular weight is 235 g/mol. The maximum atomic E-state index is 11.6. The first-order chi connectivity index (χ1) is 7.99. The molecule has 1 heterocycles. The van der Waals surface area contributed by atoms with E-state index in [-0.39, 0.29) is 6.42 Å². The average Bonchev–Trinajstić information content (AvgIpc) is 2.27. The van der Waals surface area contributed by atoms with Crippen LogP contribution in [0.5, 0.6) is 0 Å². The Morgan fingerprint density at radius 3 is 2.76 bits per heavy atom. The summed E-state index contributed by atoms with van der Waals surface area (Å²) in [6.45, 7) is 0. The fourth-order valence-electron chi connectivity index (χ4n) is 1.80. The highest BCUT2D eigenvalue weighted by molar-refractivity contribution is 5.95. The number of hydrogen-bond acceptors (Lipinski definition) is 4. The van der Waals surface area contributed by atoms with Gasteiger partial charge in [-0.3, -0.25) is 0 Å². The molecule has 1 N–H and O–H groups in total. The monoisotopic (exact) mass is 235 g/mol. The summed E-state index contributed by atoms with van der Waals surface area (Å²) in [6.07, 6.45) is -0.856. The standard InChI is InChI=1S/C12H13NO4/c1-13(2)8-3-4-9-7(5-8)6-10(11(14)15)17-12(9)16/h3-5,10H,6H2,1-2H3,(H,14,15). The number of cyclic esters (lactones) is 1. The second kappa shape index (κ2) is 4.08. The van der Waals surface area contributed by atoms with Crippen LogP contribution in [-0.2, 0) is 16.0 Å². The molecule has 1 aromatic rings. The van der Waals surface area contributed by atoms with E-state index in [2.05, 4.69) is 0 Å². The van der Waals surface area contributed by atoms with Crippen molar-refractivity contribution >= 4 is 17.6 Å². The third-order valence-electron chi connectivity index (χ3n) is 2.76. The van der Waals surface area contributed by atoms with Crippen LogP contribution in [0.3, 0.4) is 0 Å². The second-order valence-electron chi connectivity index (χ2n) is 4.17. The van der Waals surface area contributed by atoms with Gasteiger partial charge in [0.2, 0.25) is 6.10 Å². The summed E-state index contributed by atoms with van der Waals surface area (Å²) < 4.78 is 4.82. The fraction of sp³-hybridized carbons (Fsp3) is 0.333. The van der Waals surface area contributed by atoms with Crippen LogP contribution >= 0.6 is 0 Å². The highest BCUT2D eigenvalue weighted by Gasteiger charge is 2.31. The number of benzene rings is 1. The summed E-state index contributed by atoms with van der Waals surface area (Å²) in [6, 6.07) is 5.30. The first kappa shape index (κ1) is 11.4. The molecule has 1 aliphatic rings. The van der Waals surface area contributed by atoms with E-state index in [1.165, 1.54) is 0 Å². The van der Waals surface area contributed by atoms with Crippen molar-refractivity contribution in [2.45, 2.75) is 12.5 Å². The number of esters is 1. The topological polar surface area (TPSA) is 66.8 Å². The third-order valence-corrected chi connectivity index (χ3v) is 2.76. The molecule has 0 amide bonds. The Morgan fingerprint density at radius 2 is 2.18 bits per heavy atom. The van der Waals surface area contributed by atoms with Crippen LogP contribution in [-0.4, -0.2) is 37.2 Å². The Morgan fingerprint density at radius 1 is 1.47 bits per heavy atom. The molecule has 1 atom stereocenters. The molecule has 0 radical (unpaired) electrons. The van der Waals surface area contributed by atoms with Gasteiger partial charge in [-0.2, -0.15) is 0 Å². The first-order valence-electron chi connectivity index (χ1n) is 5.23. The number of rotatable bonds is 2. The van der Waals surface area contributed by atoms with Crippen LogP contribution in [0.15, 0.2) is 18.2 Å². The third kappa shape index (κ3) is 2.08. The second-order valence-corrected chi connectivity index (χ2v) is 4.17. The normalized spacial score (nSPS) is 18.2. The van der Waals surface area contributed by atoms with Gasteiger partial charge in [-0.1, -0.05) is 0 Å². The van der Waals surface area contributed by atoms with E-state index in [1.807, 2.05) is 25.1 Å². The van der Waals surface area contributed by atoms with Crippen molar-refractivity contribution < 1.29 is 19.4 Å². The SMILES string of the molecule is CN(C)c1ccc2c(c1)CC(C(=O)O)OC2=O. The number of carboxylic acid groups (broad SMARTS) is 1. The summed E-state index contributed by atoms with van der Waals surface area (Å²) in [5, 5.41) is 8.87. The number of carbonyl (C=O) groups excluding carboxylic acids is 1. The van der Waals surface area contributed by atoms with Crippen molar-refractivity contribution in [1.82, 2.24) is 0 Å². The van der Waals surface area contributed by atoms with Gasteiger partial charge in [0.25, 0.3) is 0 Å². The van der Waals surface area contributed by atoms with Crippen molar-refractivity contribution in [1.29, 1.82) is 0 Å². The molecule has 2 rings (SSSR count). The van der Waals surface area contributed by atoms with Gasteiger partial charge in [0.15, 0.2) is 0 Å². The highest BCUT2D eigenvalue weighted by Crippen LogP contribution is 2.25. The fourth-order valence-corrected chi connectivity index (χ4v) is 1.80. The smallest absolute Gasteiger partial charge is 0.345 e. The predicted molar refractivity (Wildman–Crippen MR) is 61.3 cm³/mol. The van der Waals surface area contributed by atoms with Crippen LogP contribution in [0.4, 0.5) is 5.69 Å². The maximum Gasteiger partial charge on any atom is 0.345 e. The zero-order valence-electron chi connectivity index (χ0n) is 9.64. The number of nitrogens with zero attached hydrogens (tertiary/aromatic N) is 1. The number of carboxylic acids is 1. The van der Waals surface area contributed by atoms with Crippen LogP contribution in [0.1, 0.15) is 15.9 Å². The lowest BCUT2D eigenvalue weighted by atomic mass is 9.98. The van der Waals surface area contributed by atoms with Crippen molar-refractivity contribution in [2.24, 2.45) is 0 Å². The Kier molecular flexibility index (Phi) is 2.75. The molecule has 1 unspecified atom stereocenters. The molecule has 1 aliphatic heterocycles. The molecule has 5 heteroatoms. The molecule has 0 saturated carbocycles. The predicted octanol–water partition coefficient (Wildman–Crippen LogP) is 0.919. The minimum Gasteiger partial charge on any atom is -0.478 e. The van der Waals surface area contributed by atoms with Crippen LogP contribution in [0.2, 0.25) is 0 Å². The van der Waals surface area contributed by atoms with E-state index in [0.29, 0.717) is 5.56 Å². The number of carbonyl (C=O) groups is 2. The minimum absolute atomic E-state index is 0.220. The van der Waals surface area contributed by atoms with Crippen LogP contribution in [0.25, 0.3) is 0 Å². The molecule has 0 spiro atoms. The van der Waals surface area contributed by atoms with E-state index in [0.717, 1.165) is 11.3 Å². The van der Waals surface area contributed by atoms with Gasteiger partial charge in [-0.05, 0) is 23.8 Å². The lowest BCUT2D eigenvalue weighted by Gasteiger charge is -2.23. The molecule has 5 nitrogen and oxygen atoms in total. The number of ether oxygens (including phenoxy) is 1. The minimum atomic E-state index is -1.11. The number of aliphatic carboxylic acids is 1. The summed E-state index contributed by atoms with van der Waals surface area (Å²) in [7, 11) is 3.77. The summed E-state index contributed by atoms with van der Waals surface area (Å²) in [4.78, 5) is 24.3. The maximum absolute atomic E-state index is 11.6. The van der Waals surface area contributed by atoms with Crippen molar-refractivity contribution in [3.63, 3.8) is 0 Å². The Balaban J connectivity index is 2.40. The van der Waals surface area contributed by atoms with Gasteiger partial charge < -0.3 is 14.7 Å². The van der Waals surface area contributed by atoms with Crippen molar-refractivity contribution in [2.75, 3.05) is 19.0 Å². The molecule has 0 fully saturated rings. The van der Waals surface area contributed by atoms with Crippen molar-refractivity contribution in [3.05, 3.63) is 29.3 Å². The van der Waals surface area contributed by atoms with Gasteiger partial charge in [0.05, 0.1) is 5.56 Å². The molecule has 90 valence electrons. The molecular weight excluding hydrogens is 222 g/mol. The lowest BCUT2D eigenvalue weighted by Crippen LogP contribution is -2.34. The van der Waals surface area contributed by atoms with E-state index >= 15 is 0 Å². The van der Waals surface area contributed by atoms with Gasteiger partial charge in [0.1, 0.15) is 0 Å². The number of hydrogen-bond donors (Lipinski definition) is 1. The molecule has 0 aromatic heterocycles. The van der Waals surface area contributed by atoms with Gasteiger partial charge in [-0.15, -0.1) is 0 Å². The van der Waals surface area contributed by atoms with E-state index in [9.17, 15) is 9.59 Å². The Labute approximate surface area is 98.6 Å². The van der Waals surface area contributed by atoms with Gasteiger partial charge in [-0.25, -0.2) is 9.59 Å². The van der Waals surface area contributed by atoms with Crippen LogP contribution in [0, 0.1) is 0 Å². The first-order valence-corrected chi connectivity index (χ1v) is 5.23. The summed E-state index contributed by atoms with van der Waals surface area (Å²) >= 11 is 0. The summed E-state index contributed by atoms with van der Waals surface area (Å²) in [5.41, 5.74) is 2.11. The zero-order valence-corrected chi connectivity index (χ0v) is 9.64. The van der Waals surface area contributed by atoms with Gasteiger partial charge in [0, 0.05) is 26.2 Å². The van der Waals surface area contributed by atoms with Crippen molar-refractivity contribution in [3.8, 4) is 0 Å². The zero-order chi connectivity index (χ0) is 12.6.